The van der Waals surface area contributed by atoms with Crippen molar-refractivity contribution in [3.05, 3.63) is 35.9 Å². The Morgan fingerprint density at radius 3 is 2.65 bits per heavy atom. The third-order valence-electron chi connectivity index (χ3n) is 2.63. The normalized spacial score (nSPS) is 28.5. The van der Waals surface area contributed by atoms with Crippen LogP contribution in [-0.4, -0.2) is 35.6 Å². The molecule has 5 nitrogen and oxygen atoms in total. The van der Waals surface area contributed by atoms with Gasteiger partial charge in [-0.15, -0.1) is 0 Å². The first-order valence-corrected chi connectivity index (χ1v) is 5.16. The van der Waals surface area contributed by atoms with E-state index in [-0.39, 0.29) is 5.71 Å². The van der Waals surface area contributed by atoms with E-state index >= 15 is 0 Å². The number of ether oxygens (including phenoxy) is 1. The number of Topliss-reactive ketones (excluding diaryl/α,β-unsaturated/α-hetero) is 1. The zero-order valence-corrected chi connectivity index (χ0v) is 9.58. The highest BCUT2D eigenvalue weighted by molar-refractivity contribution is 6.48. The van der Waals surface area contributed by atoms with Crippen molar-refractivity contribution in [1.29, 1.82) is 0 Å². The minimum Gasteiger partial charge on any atom is -0.376 e. The van der Waals surface area contributed by atoms with Crippen LogP contribution in [0.3, 0.4) is 0 Å². The Kier molecular flexibility index (Phi) is 2.95. The van der Waals surface area contributed by atoms with Gasteiger partial charge in [-0.25, -0.2) is 0 Å². The molecule has 2 atom stereocenters. The van der Waals surface area contributed by atoms with Gasteiger partial charge < -0.3 is 14.7 Å². The van der Waals surface area contributed by atoms with Crippen molar-refractivity contribution in [2.24, 2.45) is 5.16 Å². The summed E-state index contributed by atoms with van der Waals surface area (Å²) < 4.78 is 4.86. The molecule has 0 unspecified atom stereocenters. The molecule has 1 N–H and O–H groups in total. The van der Waals surface area contributed by atoms with E-state index in [1.807, 2.05) is 6.07 Å². The number of hydrogen-bond acceptors (Lipinski definition) is 5. The van der Waals surface area contributed by atoms with E-state index in [0.29, 0.717) is 5.56 Å². The maximum Gasteiger partial charge on any atom is 0.263 e. The van der Waals surface area contributed by atoms with E-state index < -0.39 is 17.7 Å². The Morgan fingerprint density at radius 2 is 2.06 bits per heavy atom. The summed E-state index contributed by atoms with van der Waals surface area (Å²) in [5.74, 6) is -0.512. The van der Waals surface area contributed by atoms with Crippen LogP contribution in [0.25, 0.3) is 0 Å². The van der Waals surface area contributed by atoms with Crippen LogP contribution in [0.2, 0.25) is 0 Å². The van der Waals surface area contributed by atoms with Gasteiger partial charge in [-0.2, -0.15) is 0 Å². The van der Waals surface area contributed by atoms with Crippen LogP contribution in [0.4, 0.5) is 0 Å². The summed E-state index contributed by atoms with van der Waals surface area (Å²) >= 11 is 0. The van der Waals surface area contributed by atoms with Gasteiger partial charge in [-0.05, 0) is 6.92 Å². The summed E-state index contributed by atoms with van der Waals surface area (Å²) in [6, 6.07) is 8.84. The first kappa shape index (κ1) is 11.8. The van der Waals surface area contributed by atoms with E-state index in [9.17, 15) is 9.90 Å². The molecule has 0 fully saturated rings. The van der Waals surface area contributed by atoms with Crippen LogP contribution in [0.1, 0.15) is 12.5 Å². The molecule has 1 aliphatic heterocycles. The number of nitrogens with zero attached hydrogens (tertiary/aromatic N) is 1. The number of methoxy groups -OCH3 is 1. The zero-order valence-electron chi connectivity index (χ0n) is 9.58. The topological polar surface area (TPSA) is 68.1 Å². The quantitative estimate of drug-likeness (QED) is 0.819. The largest absolute Gasteiger partial charge is 0.376 e. The van der Waals surface area contributed by atoms with Crippen LogP contribution >= 0.6 is 0 Å². The van der Waals surface area contributed by atoms with Crippen LogP contribution in [0, 0.1) is 0 Å². The van der Waals surface area contributed by atoms with Gasteiger partial charge in [0.2, 0.25) is 5.78 Å². The average molecular weight is 235 g/mol. The molecule has 0 saturated carbocycles. The molecule has 5 heteroatoms. The van der Waals surface area contributed by atoms with E-state index in [0.717, 1.165) is 0 Å². The molecule has 0 spiro atoms. The van der Waals surface area contributed by atoms with Gasteiger partial charge in [-0.3, -0.25) is 4.79 Å². The smallest absolute Gasteiger partial charge is 0.263 e. The van der Waals surface area contributed by atoms with Crippen molar-refractivity contribution in [2.45, 2.75) is 18.8 Å². The predicted octanol–water partition coefficient (Wildman–Crippen LogP) is 0.714. The summed E-state index contributed by atoms with van der Waals surface area (Å²) in [4.78, 5) is 17.1. The second-order valence-electron chi connectivity index (χ2n) is 3.96. The molecular weight excluding hydrogens is 222 g/mol. The number of benzene rings is 1. The maximum absolute atomic E-state index is 12.1. The van der Waals surface area contributed by atoms with Gasteiger partial charge in [0.05, 0.1) is 0 Å². The summed E-state index contributed by atoms with van der Waals surface area (Å²) in [5.41, 5.74) is -1.03. The molecule has 0 aliphatic carbocycles. The molecule has 90 valence electrons. The molecule has 2 rings (SSSR count). The molecule has 0 bridgehead atoms. The third-order valence-corrected chi connectivity index (χ3v) is 2.63. The number of carbonyl (C=O) groups is 1. The van der Waals surface area contributed by atoms with Gasteiger partial charge in [0.15, 0.2) is 11.3 Å². The first-order valence-electron chi connectivity index (χ1n) is 5.16. The number of carbonyl (C=O) groups excluding carboxylic acids is 1. The Balaban J connectivity index is 2.39. The highest BCUT2D eigenvalue weighted by atomic mass is 16.8. The number of aliphatic hydroxyl groups is 1. The lowest BCUT2D eigenvalue weighted by atomic mass is 9.92. The first-order chi connectivity index (χ1) is 8.07. The van der Waals surface area contributed by atoms with Gasteiger partial charge in [0, 0.05) is 12.7 Å². The second-order valence-corrected chi connectivity index (χ2v) is 3.96. The van der Waals surface area contributed by atoms with Crippen LogP contribution < -0.4 is 0 Å². The number of hydrogen-bond donors (Lipinski definition) is 1. The van der Waals surface area contributed by atoms with Gasteiger partial charge in [0.1, 0.15) is 0 Å². The van der Waals surface area contributed by atoms with Crippen molar-refractivity contribution in [3.8, 4) is 0 Å². The van der Waals surface area contributed by atoms with E-state index in [1.54, 1.807) is 24.3 Å². The van der Waals surface area contributed by atoms with Crippen LogP contribution in [-0.2, 0) is 14.4 Å². The van der Waals surface area contributed by atoms with Crippen molar-refractivity contribution in [1.82, 2.24) is 0 Å². The summed E-state index contributed by atoms with van der Waals surface area (Å²) in [6.07, 6.45) is -1.08. The molecule has 1 heterocycles. The van der Waals surface area contributed by atoms with Crippen LogP contribution in [0.15, 0.2) is 35.5 Å². The van der Waals surface area contributed by atoms with Crippen LogP contribution in [0.5, 0.6) is 0 Å². The summed E-state index contributed by atoms with van der Waals surface area (Å²) in [7, 11) is 1.34. The van der Waals surface area contributed by atoms with Gasteiger partial charge in [-0.1, -0.05) is 35.5 Å². The molecule has 1 aliphatic rings. The second kappa shape index (κ2) is 4.27. The highest BCUT2D eigenvalue weighted by Gasteiger charge is 2.47. The Morgan fingerprint density at radius 1 is 1.41 bits per heavy atom. The fraction of sp³-hybridized carbons (Fsp3) is 0.333. The van der Waals surface area contributed by atoms with E-state index in [2.05, 4.69) is 5.16 Å². The molecule has 0 amide bonds. The maximum atomic E-state index is 12.1. The minimum absolute atomic E-state index is 0.101. The monoisotopic (exact) mass is 235 g/mol. The summed E-state index contributed by atoms with van der Waals surface area (Å²) in [6.45, 7) is 1.35. The fourth-order valence-electron chi connectivity index (χ4n) is 1.64. The Bertz CT molecular complexity index is 453. The number of rotatable bonds is 2. The lowest BCUT2D eigenvalue weighted by molar-refractivity contribution is -0.220. The number of oxime groups is 1. The standard InChI is InChI=1S/C12H13NO4/c1-12(15)10(14)9(13-17-11(12)16-2)8-6-4-3-5-7-8/h3-7,11,15H,1-2H3/t11-,12-/m0/s1. The lowest BCUT2D eigenvalue weighted by Crippen LogP contribution is -2.54. The molecule has 0 radical (unpaired) electrons. The molecule has 1 aromatic rings. The Labute approximate surface area is 98.6 Å². The van der Waals surface area contributed by atoms with Gasteiger partial charge in [0.25, 0.3) is 6.29 Å². The van der Waals surface area contributed by atoms with Crippen molar-refractivity contribution in [2.75, 3.05) is 7.11 Å². The lowest BCUT2D eigenvalue weighted by Gasteiger charge is -2.31. The number of ketones is 1. The van der Waals surface area contributed by atoms with Crippen molar-refractivity contribution < 1.29 is 19.5 Å². The van der Waals surface area contributed by atoms with Crippen molar-refractivity contribution in [3.63, 3.8) is 0 Å². The molecule has 0 saturated heterocycles. The Hall–Kier alpha value is -1.72. The molecular formula is C12H13NO4. The average Bonchev–Trinajstić information content (AvgIpc) is 2.33. The summed E-state index contributed by atoms with van der Waals surface area (Å²) in [5, 5.41) is 13.8. The zero-order chi connectivity index (χ0) is 12.5. The molecule has 0 aromatic heterocycles. The predicted molar refractivity (Wildman–Crippen MR) is 60.5 cm³/mol. The SMILES string of the molecule is CO[C@H]1ON=C(c2ccccc2)C(=O)[C@]1(C)O. The van der Waals surface area contributed by atoms with E-state index in [1.165, 1.54) is 14.0 Å². The molecule has 17 heavy (non-hydrogen) atoms. The van der Waals surface area contributed by atoms with E-state index in [4.69, 9.17) is 9.57 Å². The third kappa shape index (κ3) is 1.94. The van der Waals surface area contributed by atoms with Crippen molar-refractivity contribution >= 4 is 11.5 Å². The minimum atomic E-state index is -1.73. The highest BCUT2D eigenvalue weighted by Crippen LogP contribution is 2.23. The molecule has 1 aromatic carbocycles. The van der Waals surface area contributed by atoms with Gasteiger partial charge >= 0.3 is 0 Å². The fourth-order valence-corrected chi connectivity index (χ4v) is 1.64.